The Kier molecular flexibility index (Phi) is 30.5. The molecular weight excluding hydrogens is 1080 g/mol. The number of unbranched alkanes of at least 4 members (excludes halogenated alkanes) is 6. The summed E-state index contributed by atoms with van der Waals surface area (Å²) in [6, 6.07) is 0. The predicted octanol–water partition coefficient (Wildman–Crippen LogP) is 3.15. The molecule has 0 bridgehead atoms. The molecule has 0 aromatic rings. The maximum absolute atomic E-state index is 12.6. The van der Waals surface area contributed by atoms with E-state index in [0.717, 1.165) is 0 Å². The zero-order valence-electron chi connectivity index (χ0n) is 43.2. The Bertz CT molecular complexity index is 1770. The summed E-state index contributed by atoms with van der Waals surface area (Å²) in [5, 5.41) is 63.3. The Morgan fingerprint density at radius 2 is 0.608 bits per heavy atom. The highest BCUT2D eigenvalue weighted by Crippen LogP contribution is 2.47. The van der Waals surface area contributed by atoms with Crippen LogP contribution < -0.4 is 0 Å². The molecule has 19 atom stereocenters. The van der Waals surface area contributed by atoms with Crippen LogP contribution in [0.5, 0.6) is 0 Å². The van der Waals surface area contributed by atoms with Crippen molar-refractivity contribution in [3.8, 4) is 0 Å². The number of phosphoric ester groups is 4. The van der Waals surface area contributed by atoms with Gasteiger partial charge in [0.1, 0.15) is 36.6 Å². The number of aliphatic hydroxyl groups excluding tert-OH is 6. The third kappa shape index (κ3) is 24.8. The first-order valence-corrected chi connectivity index (χ1v) is 31.0. The number of hydrogen-bond donors (Lipinski definition) is 10. The van der Waals surface area contributed by atoms with Crippen LogP contribution in [0.1, 0.15) is 106 Å². The van der Waals surface area contributed by atoms with Gasteiger partial charge in [-0.3, -0.25) is 36.2 Å². The van der Waals surface area contributed by atoms with Crippen molar-refractivity contribution in [1.29, 1.82) is 0 Å². The zero-order chi connectivity index (χ0) is 55.4. The molecule has 0 aliphatic carbocycles. The quantitative estimate of drug-likeness (QED) is 0.0315. The average molecular weight is 1160 g/mol. The van der Waals surface area contributed by atoms with E-state index in [1.54, 1.807) is 34.6 Å². The molecule has 32 heteroatoms. The number of aliphatic hydroxyl groups is 6. The molecule has 3 rings (SSSR count). The molecule has 0 saturated carbocycles. The Morgan fingerprint density at radius 1 is 0.365 bits per heavy atom. The van der Waals surface area contributed by atoms with E-state index in [1.807, 2.05) is 0 Å². The first kappa shape index (κ1) is 68.2. The van der Waals surface area contributed by atoms with Crippen LogP contribution in [0.25, 0.3) is 0 Å². The van der Waals surface area contributed by atoms with E-state index in [2.05, 4.69) is 0 Å². The van der Waals surface area contributed by atoms with Crippen molar-refractivity contribution in [2.24, 2.45) is 17.8 Å². The van der Waals surface area contributed by atoms with Crippen molar-refractivity contribution in [3.63, 3.8) is 0 Å². The van der Waals surface area contributed by atoms with Gasteiger partial charge in [-0.2, -0.15) is 0 Å². The summed E-state index contributed by atoms with van der Waals surface area (Å²) in [5.41, 5.74) is 0. The fourth-order valence-electron chi connectivity index (χ4n) is 7.64. The topological polar surface area (TPSA) is 400 Å². The average Bonchev–Trinajstić information content (AvgIpc) is 3.30. The smallest absolute Gasteiger partial charge is 0.390 e. The molecule has 3 heterocycles. The van der Waals surface area contributed by atoms with Crippen LogP contribution in [0.15, 0.2) is 0 Å². The predicted molar refractivity (Wildman–Crippen MR) is 256 cm³/mol. The highest BCUT2D eigenvalue weighted by molar-refractivity contribution is 7.48. The van der Waals surface area contributed by atoms with Crippen LogP contribution in [-0.4, -0.2) is 196 Å². The fourth-order valence-corrected chi connectivity index (χ4v) is 11.1. The molecule has 74 heavy (non-hydrogen) atoms. The monoisotopic (exact) mass is 1160 g/mol. The molecule has 3 aliphatic heterocycles. The number of phosphoric acid groups is 4. The van der Waals surface area contributed by atoms with E-state index >= 15 is 0 Å². The van der Waals surface area contributed by atoms with Crippen molar-refractivity contribution in [3.05, 3.63) is 0 Å². The van der Waals surface area contributed by atoms with Gasteiger partial charge in [0.2, 0.25) is 0 Å². The summed E-state index contributed by atoms with van der Waals surface area (Å²) in [5.74, 6) is -2.03. The highest BCUT2D eigenvalue weighted by atomic mass is 31.2. The van der Waals surface area contributed by atoms with Gasteiger partial charge in [-0.25, -0.2) is 18.3 Å². The van der Waals surface area contributed by atoms with E-state index in [4.69, 9.17) is 64.6 Å². The van der Waals surface area contributed by atoms with Crippen LogP contribution in [0.4, 0.5) is 0 Å². The van der Waals surface area contributed by atoms with Gasteiger partial charge in [0.25, 0.3) is 0 Å². The summed E-state index contributed by atoms with van der Waals surface area (Å²) in [4.78, 5) is 40.0. The van der Waals surface area contributed by atoms with Crippen molar-refractivity contribution < 1.29 is 133 Å². The number of rotatable bonds is 37. The Balaban J connectivity index is 1.28. The standard InChI is InChI=1S/C42H84O28P4/c1-26(2)69-73(53,54)62-22-16-10-13-19-58-41-29(6)35(44)38(47)32(67-41)24-64-71(49,50)60-20-14-8-11-17-57-40-28(5)34(43)37(46)31(66-40)23-63-72(51,52)61-21-15-9-12-18-59-42-30(7)36(45)39(48)33(68-42)25-65-74(55,56)70-27(3)4/h26-48H,8-25H2,1-7H3,(H,49,50)(H,51,52)(H,53,54)(H,55,56). The van der Waals surface area contributed by atoms with Gasteiger partial charge in [-0.1, -0.05) is 20.8 Å². The molecule has 19 unspecified atom stereocenters. The molecule has 0 aromatic heterocycles. The Morgan fingerprint density at radius 3 is 0.892 bits per heavy atom. The van der Waals surface area contributed by atoms with Gasteiger partial charge in [0.15, 0.2) is 18.9 Å². The highest BCUT2D eigenvalue weighted by Gasteiger charge is 2.46. The Labute approximate surface area is 432 Å². The summed E-state index contributed by atoms with van der Waals surface area (Å²) < 4.78 is 123. The lowest BCUT2D eigenvalue weighted by Gasteiger charge is -2.41. The lowest BCUT2D eigenvalue weighted by atomic mass is 9.92. The minimum absolute atomic E-state index is 0.00530. The van der Waals surface area contributed by atoms with Crippen LogP contribution in [0.2, 0.25) is 0 Å². The molecule has 10 N–H and O–H groups in total. The molecule has 440 valence electrons. The molecule has 3 aliphatic rings. The maximum atomic E-state index is 12.6. The number of ether oxygens (including phenoxy) is 6. The van der Waals surface area contributed by atoms with Gasteiger partial charge in [0.05, 0.1) is 70.2 Å². The Hall–Kier alpha value is -0.0400. The molecule has 0 aromatic carbocycles. The lowest BCUT2D eigenvalue weighted by Crippen LogP contribution is -2.55. The first-order chi connectivity index (χ1) is 34.5. The third-order valence-electron chi connectivity index (χ3n) is 11.9. The summed E-state index contributed by atoms with van der Waals surface area (Å²) in [7, 11) is -17.8. The summed E-state index contributed by atoms with van der Waals surface area (Å²) in [6.07, 6.45) is -12.2. The van der Waals surface area contributed by atoms with Crippen molar-refractivity contribution in [2.75, 3.05) is 59.5 Å². The SMILES string of the molecule is CC(C)OP(=O)(O)OCCCCCOC1OC(COP(=O)(O)OCCCCCOC2OC(COP(=O)(O)OCCCCCOC3OC(COP(=O)(O)OC(C)C)C(O)C(O)C3C)C(O)C(O)C2C)C(O)C(O)C1C. The fraction of sp³-hybridized carbons (Fsp3) is 1.00. The van der Waals surface area contributed by atoms with Crippen LogP contribution >= 0.6 is 31.3 Å². The van der Waals surface area contributed by atoms with Crippen molar-refractivity contribution in [1.82, 2.24) is 0 Å². The summed E-state index contributed by atoms with van der Waals surface area (Å²) in [6.45, 7) is 9.29. The van der Waals surface area contributed by atoms with Crippen LogP contribution in [-0.2, 0) is 82.9 Å². The van der Waals surface area contributed by atoms with Crippen molar-refractivity contribution in [2.45, 2.75) is 192 Å². The molecule has 28 nitrogen and oxygen atoms in total. The van der Waals surface area contributed by atoms with Gasteiger partial charge in [0, 0.05) is 37.6 Å². The largest absolute Gasteiger partial charge is 0.472 e. The molecule has 0 spiro atoms. The second-order valence-electron chi connectivity index (χ2n) is 19.0. The second-order valence-corrected chi connectivity index (χ2v) is 24.7. The van der Waals surface area contributed by atoms with Crippen LogP contribution in [0.3, 0.4) is 0 Å². The normalized spacial score (nSPS) is 34.3. The molecule has 0 radical (unpaired) electrons. The second kappa shape index (κ2) is 33.0. The van der Waals surface area contributed by atoms with E-state index < -0.39 is 155 Å². The van der Waals surface area contributed by atoms with Gasteiger partial charge >= 0.3 is 31.3 Å². The van der Waals surface area contributed by atoms with E-state index in [9.17, 15) is 68.5 Å². The third-order valence-corrected chi connectivity index (χ3v) is 16.2. The minimum Gasteiger partial charge on any atom is -0.390 e. The van der Waals surface area contributed by atoms with Gasteiger partial charge in [-0.05, 0) is 85.5 Å². The van der Waals surface area contributed by atoms with Crippen molar-refractivity contribution >= 4 is 31.3 Å². The van der Waals surface area contributed by atoms with E-state index in [-0.39, 0.29) is 39.6 Å². The van der Waals surface area contributed by atoms with Gasteiger partial charge < -0.3 is 78.6 Å². The van der Waals surface area contributed by atoms with Crippen LogP contribution in [0, 0.1) is 17.8 Å². The van der Waals surface area contributed by atoms with Gasteiger partial charge in [-0.15, -0.1) is 0 Å². The summed E-state index contributed by atoms with van der Waals surface area (Å²) >= 11 is 0. The first-order valence-electron chi connectivity index (χ1n) is 25.0. The van der Waals surface area contributed by atoms with E-state index in [1.165, 1.54) is 13.8 Å². The zero-order valence-corrected chi connectivity index (χ0v) is 46.7. The maximum Gasteiger partial charge on any atom is 0.472 e. The number of hydrogen-bond acceptors (Lipinski definition) is 24. The van der Waals surface area contributed by atoms with E-state index in [0.29, 0.717) is 57.8 Å². The molecule has 0 amide bonds. The molecular formula is C42H84O28P4. The minimum atomic E-state index is -4.64. The molecule has 3 fully saturated rings. The lowest BCUT2D eigenvalue weighted by molar-refractivity contribution is -0.281. The molecule has 3 saturated heterocycles.